The zero-order valence-electron chi connectivity index (χ0n) is 12.2. The van der Waals surface area contributed by atoms with Crippen LogP contribution < -0.4 is 10.6 Å². The maximum Gasteiger partial charge on any atom is 0.255 e. The number of nitriles is 1. The third-order valence-electron chi connectivity index (χ3n) is 2.82. The van der Waals surface area contributed by atoms with E-state index in [1.54, 1.807) is 30.5 Å². The van der Waals surface area contributed by atoms with Crippen LogP contribution in [0.25, 0.3) is 0 Å². The zero-order valence-corrected chi connectivity index (χ0v) is 13.0. The molecule has 0 unspecified atom stereocenters. The Morgan fingerprint density at radius 1 is 1.17 bits per heavy atom. The van der Waals surface area contributed by atoms with E-state index in [1.165, 1.54) is 36.0 Å². The number of halogens is 1. The molecule has 0 heterocycles. The summed E-state index contributed by atoms with van der Waals surface area (Å²) in [5, 5.41) is 14.2. The van der Waals surface area contributed by atoms with Crippen LogP contribution in [0.3, 0.4) is 0 Å². The molecule has 7 heteroatoms. The number of hydrogen-bond donors (Lipinski definition) is 2. The summed E-state index contributed by atoms with van der Waals surface area (Å²) in [6.07, 6.45) is 3.61. The van der Waals surface area contributed by atoms with Gasteiger partial charge in [0.1, 0.15) is 5.82 Å². The Hall–Kier alpha value is -2.85. The zero-order chi connectivity index (χ0) is 16.7. The first-order chi connectivity index (χ1) is 11.1. The minimum atomic E-state index is -0.360. The quantitative estimate of drug-likeness (QED) is 0.391. The van der Waals surface area contributed by atoms with Gasteiger partial charge in [-0.3, -0.25) is 10.1 Å². The van der Waals surface area contributed by atoms with Gasteiger partial charge in [-0.1, -0.05) is 11.8 Å². The molecule has 0 bridgehead atoms. The van der Waals surface area contributed by atoms with Crippen LogP contribution in [0.1, 0.15) is 10.4 Å². The van der Waals surface area contributed by atoms with Crippen LogP contribution in [0.2, 0.25) is 0 Å². The van der Waals surface area contributed by atoms with E-state index in [1.807, 2.05) is 6.19 Å². The highest BCUT2D eigenvalue weighted by Crippen LogP contribution is 2.16. The number of thioether (sulfide) groups is 1. The number of aliphatic imine (C=N–C) groups is 1. The molecule has 2 aromatic carbocycles. The molecule has 2 rings (SSSR count). The number of anilines is 1. The summed E-state index contributed by atoms with van der Waals surface area (Å²) in [5.74, 6) is -0.659. The van der Waals surface area contributed by atoms with Gasteiger partial charge >= 0.3 is 0 Å². The fraction of sp³-hybridized carbons (Fsp3) is 0.0625. The monoisotopic (exact) mass is 328 g/mol. The second kappa shape index (κ2) is 7.96. The maximum atomic E-state index is 12.8. The number of carbonyl (C=O) groups is 1. The number of benzene rings is 2. The lowest BCUT2D eigenvalue weighted by Gasteiger charge is -2.05. The van der Waals surface area contributed by atoms with Crippen LogP contribution in [-0.4, -0.2) is 17.3 Å². The van der Waals surface area contributed by atoms with E-state index in [-0.39, 0.29) is 11.7 Å². The lowest BCUT2D eigenvalue weighted by molar-refractivity contribution is 0.102. The smallest absolute Gasteiger partial charge is 0.255 e. The van der Waals surface area contributed by atoms with Crippen LogP contribution in [-0.2, 0) is 0 Å². The molecule has 2 aromatic rings. The highest BCUT2D eigenvalue weighted by atomic mass is 32.2. The Kier molecular flexibility index (Phi) is 5.72. The maximum absolute atomic E-state index is 12.8. The van der Waals surface area contributed by atoms with Crippen LogP contribution in [0.5, 0.6) is 0 Å². The van der Waals surface area contributed by atoms with Gasteiger partial charge in [0.25, 0.3) is 5.91 Å². The van der Waals surface area contributed by atoms with E-state index in [0.29, 0.717) is 22.1 Å². The van der Waals surface area contributed by atoms with Gasteiger partial charge in [-0.2, -0.15) is 5.26 Å². The molecule has 116 valence electrons. The molecule has 0 saturated heterocycles. The largest absolute Gasteiger partial charge is 0.322 e. The fourth-order valence-electron chi connectivity index (χ4n) is 1.71. The lowest BCUT2D eigenvalue weighted by atomic mass is 10.2. The van der Waals surface area contributed by atoms with Crippen LogP contribution in [0, 0.1) is 17.3 Å². The van der Waals surface area contributed by atoms with Gasteiger partial charge in [0.2, 0.25) is 0 Å². The Labute approximate surface area is 137 Å². The van der Waals surface area contributed by atoms with Gasteiger partial charge < -0.3 is 5.32 Å². The molecule has 0 radical (unpaired) electrons. The number of amides is 1. The van der Waals surface area contributed by atoms with Crippen LogP contribution in [0.15, 0.2) is 53.5 Å². The molecule has 0 spiro atoms. The van der Waals surface area contributed by atoms with Gasteiger partial charge in [0.05, 0.1) is 5.69 Å². The van der Waals surface area contributed by atoms with Gasteiger partial charge in [-0.25, -0.2) is 9.38 Å². The first-order valence-corrected chi connectivity index (χ1v) is 7.79. The second-order valence-corrected chi connectivity index (χ2v) is 5.16. The van der Waals surface area contributed by atoms with Crippen molar-refractivity contribution in [1.82, 2.24) is 5.32 Å². The minimum Gasteiger partial charge on any atom is -0.322 e. The highest BCUT2D eigenvalue weighted by Gasteiger charge is 2.06. The summed E-state index contributed by atoms with van der Waals surface area (Å²) < 4.78 is 12.8. The van der Waals surface area contributed by atoms with Gasteiger partial charge in [0, 0.05) is 11.3 Å². The highest BCUT2D eigenvalue weighted by molar-refractivity contribution is 8.13. The van der Waals surface area contributed by atoms with Crippen molar-refractivity contribution in [3.05, 3.63) is 59.9 Å². The van der Waals surface area contributed by atoms with E-state index in [9.17, 15) is 9.18 Å². The van der Waals surface area contributed by atoms with Gasteiger partial charge in [-0.05, 0) is 54.8 Å². The lowest BCUT2D eigenvalue weighted by Crippen LogP contribution is -2.12. The van der Waals surface area contributed by atoms with Crippen molar-refractivity contribution in [3.8, 4) is 6.19 Å². The summed E-state index contributed by atoms with van der Waals surface area (Å²) in [6.45, 7) is 0. The summed E-state index contributed by atoms with van der Waals surface area (Å²) in [4.78, 5) is 16.3. The van der Waals surface area contributed by atoms with Crippen molar-refractivity contribution in [2.75, 3.05) is 11.6 Å². The molecule has 0 aliphatic heterocycles. The molecule has 2 N–H and O–H groups in total. The Morgan fingerprint density at radius 2 is 1.83 bits per heavy atom. The first-order valence-electron chi connectivity index (χ1n) is 6.57. The SMILES string of the molecule is CSC(=Nc1ccc(C(=O)Nc2ccc(F)cc2)cc1)NC#N. The van der Waals surface area contributed by atoms with Crippen LogP contribution >= 0.6 is 11.8 Å². The van der Waals surface area contributed by atoms with Crippen LogP contribution in [0.4, 0.5) is 15.8 Å². The summed E-state index contributed by atoms with van der Waals surface area (Å²) in [7, 11) is 0. The summed E-state index contributed by atoms with van der Waals surface area (Å²) >= 11 is 1.31. The number of rotatable bonds is 3. The Bertz CT molecular complexity index is 751. The van der Waals surface area contributed by atoms with Gasteiger partial charge in [0.15, 0.2) is 11.4 Å². The Balaban J connectivity index is 2.08. The standard InChI is InChI=1S/C16H13FN4OS/c1-23-16(19-10-18)21-14-6-2-11(3-7-14)15(22)20-13-8-4-12(17)5-9-13/h2-9H,1H3,(H,19,21)(H,20,22). The van der Waals surface area contributed by atoms with Crippen molar-refractivity contribution in [2.24, 2.45) is 4.99 Å². The van der Waals surface area contributed by atoms with Crippen molar-refractivity contribution in [1.29, 1.82) is 5.26 Å². The topological polar surface area (TPSA) is 77.3 Å². The van der Waals surface area contributed by atoms with Crippen molar-refractivity contribution >= 4 is 34.2 Å². The molecule has 0 saturated carbocycles. The molecule has 1 amide bonds. The predicted octanol–water partition coefficient (Wildman–Crippen LogP) is 3.50. The number of hydrogen-bond acceptors (Lipinski definition) is 4. The van der Waals surface area contributed by atoms with E-state index in [2.05, 4.69) is 15.6 Å². The van der Waals surface area contributed by atoms with E-state index in [4.69, 9.17) is 5.26 Å². The number of carbonyl (C=O) groups excluding carboxylic acids is 1. The van der Waals surface area contributed by atoms with Crippen molar-refractivity contribution in [3.63, 3.8) is 0 Å². The molecule has 0 aliphatic carbocycles. The second-order valence-electron chi connectivity index (χ2n) is 4.37. The molecule has 23 heavy (non-hydrogen) atoms. The fourth-order valence-corrected chi connectivity index (χ4v) is 2.06. The predicted molar refractivity (Wildman–Crippen MR) is 90.2 cm³/mol. The van der Waals surface area contributed by atoms with E-state index >= 15 is 0 Å². The van der Waals surface area contributed by atoms with Crippen molar-refractivity contribution < 1.29 is 9.18 Å². The van der Waals surface area contributed by atoms with E-state index < -0.39 is 0 Å². The van der Waals surface area contributed by atoms with Crippen molar-refractivity contribution in [2.45, 2.75) is 0 Å². The summed E-state index contributed by atoms with van der Waals surface area (Å²) in [5.41, 5.74) is 1.59. The molecular formula is C16H13FN4OS. The molecule has 0 fully saturated rings. The minimum absolute atomic E-state index is 0.299. The first kappa shape index (κ1) is 16.5. The third kappa shape index (κ3) is 4.83. The summed E-state index contributed by atoms with van der Waals surface area (Å²) in [6, 6.07) is 12.1. The van der Waals surface area contributed by atoms with E-state index in [0.717, 1.165) is 0 Å². The number of nitrogens with one attached hydrogen (secondary N) is 2. The average molecular weight is 328 g/mol. The van der Waals surface area contributed by atoms with Gasteiger partial charge in [-0.15, -0.1) is 0 Å². The number of nitrogens with zero attached hydrogens (tertiary/aromatic N) is 2. The normalized spacial score (nSPS) is 10.7. The molecular weight excluding hydrogens is 315 g/mol. The third-order valence-corrected chi connectivity index (χ3v) is 3.40. The molecule has 0 aliphatic rings. The molecule has 5 nitrogen and oxygen atoms in total. The average Bonchev–Trinajstić information content (AvgIpc) is 2.57. The number of amidine groups is 1. The molecule has 0 atom stereocenters. The molecule has 0 aromatic heterocycles. The Morgan fingerprint density at radius 3 is 2.39 bits per heavy atom.